The van der Waals surface area contributed by atoms with Crippen LogP contribution in [-0.2, 0) is 14.4 Å². The molecular formula is C39H31N5O4S. The fourth-order valence-corrected chi connectivity index (χ4v) is 6.13. The molecule has 1 aliphatic rings. The van der Waals surface area contributed by atoms with Crippen LogP contribution in [0, 0.1) is 6.92 Å². The van der Waals surface area contributed by atoms with Gasteiger partial charge in [0.05, 0.1) is 22.3 Å². The highest BCUT2D eigenvalue weighted by Gasteiger charge is 2.40. The van der Waals surface area contributed by atoms with Crippen molar-refractivity contribution < 1.29 is 19.2 Å². The lowest BCUT2D eigenvalue weighted by Gasteiger charge is -2.15. The van der Waals surface area contributed by atoms with E-state index in [1.165, 1.54) is 16.7 Å². The first-order valence-electron chi connectivity index (χ1n) is 15.5. The molecule has 1 unspecified atom stereocenters. The number of rotatable bonds is 10. The minimum absolute atomic E-state index is 0.0611. The predicted octanol–water partition coefficient (Wildman–Crippen LogP) is 8.24. The largest absolute Gasteiger partial charge is 0.321 e. The predicted molar refractivity (Wildman–Crippen MR) is 192 cm³/mol. The van der Waals surface area contributed by atoms with Crippen molar-refractivity contribution in [1.82, 2.24) is 5.32 Å². The molecular weight excluding hydrogens is 635 g/mol. The van der Waals surface area contributed by atoms with Crippen LogP contribution in [0.5, 0.6) is 0 Å². The van der Waals surface area contributed by atoms with Gasteiger partial charge in [0.1, 0.15) is 5.70 Å². The van der Waals surface area contributed by atoms with Crippen molar-refractivity contribution in [2.24, 2.45) is 10.2 Å². The Hall–Kier alpha value is -6.13. The number of anilines is 2. The van der Waals surface area contributed by atoms with E-state index in [2.05, 4.69) is 20.9 Å². The van der Waals surface area contributed by atoms with Crippen molar-refractivity contribution in [3.63, 3.8) is 0 Å². The highest BCUT2D eigenvalue weighted by molar-refractivity contribution is 8.00. The van der Waals surface area contributed by atoms with E-state index in [1.54, 1.807) is 78.9 Å². The summed E-state index contributed by atoms with van der Waals surface area (Å²) in [5.41, 5.74) is 4.55. The summed E-state index contributed by atoms with van der Waals surface area (Å²) in [6.45, 7) is 1.93. The third kappa shape index (κ3) is 8.24. The molecule has 1 saturated heterocycles. The molecule has 1 heterocycles. The van der Waals surface area contributed by atoms with Gasteiger partial charge in [-0.3, -0.25) is 19.2 Å². The number of carbonyl (C=O) groups excluding carboxylic acids is 4. The Morgan fingerprint density at radius 3 is 2.04 bits per heavy atom. The first-order chi connectivity index (χ1) is 23.8. The first-order valence-corrected chi connectivity index (χ1v) is 16.4. The van der Waals surface area contributed by atoms with Crippen LogP contribution < -0.4 is 15.5 Å². The summed E-state index contributed by atoms with van der Waals surface area (Å²) in [6.07, 6.45) is 1.71. The molecule has 0 radical (unpaired) electrons. The Bertz CT molecular complexity index is 2050. The number of hydrogen-bond donors (Lipinski definition) is 2. The van der Waals surface area contributed by atoms with Crippen LogP contribution in [0.3, 0.4) is 0 Å². The second kappa shape index (κ2) is 15.2. The molecule has 6 rings (SSSR count). The molecule has 49 heavy (non-hydrogen) atoms. The normalized spacial score (nSPS) is 14.7. The number of amides is 4. The van der Waals surface area contributed by atoms with E-state index in [-0.39, 0.29) is 23.9 Å². The molecule has 0 aromatic heterocycles. The second-order valence-electron chi connectivity index (χ2n) is 11.1. The quantitative estimate of drug-likeness (QED) is 0.0885. The molecule has 0 saturated carbocycles. The van der Waals surface area contributed by atoms with Crippen molar-refractivity contribution in [2.75, 3.05) is 10.2 Å². The van der Waals surface area contributed by atoms with Crippen molar-refractivity contribution in [3.8, 4) is 0 Å². The number of thioether (sulfide) groups is 1. The Labute approximate surface area is 287 Å². The van der Waals surface area contributed by atoms with Crippen LogP contribution in [-0.4, -0.2) is 28.9 Å². The van der Waals surface area contributed by atoms with Gasteiger partial charge in [-0.05, 0) is 96.9 Å². The highest BCUT2D eigenvalue weighted by atomic mass is 32.2. The number of azo groups is 1. The van der Waals surface area contributed by atoms with Crippen molar-refractivity contribution >= 4 is 64.2 Å². The molecule has 9 nitrogen and oxygen atoms in total. The summed E-state index contributed by atoms with van der Waals surface area (Å²) in [5, 5.41) is 13.4. The minimum Gasteiger partial charge on any atom is -0.321 e. The lowest BCUT2D eigenvalue weighted by Crippen LogP contribution is -2.31. The van der Waals surface area contributed by atoms with Crippen LogP contribution in [0.25, 0.3) is 6.08 Å². The van der Waals surface area contributed by atoms with Gasteiger partial charge in [-0.2, -0.15) is 10.2 Å². The number of carbonyl (C=O) groups is 4. The molecule has 0 spiro atoms. The average Bonchev–Trinajstić information content (AvgIpc) is 3.41. The third-order valence-corrected chi connectivity index (χ3v) is 8.86. The molecule has 1 aliphatic heterocycles. The van der Waals surface area contributed by atoms with Gasteiger partial charge in [0.25, 0.3) is 11.8 Å². The number of nitrogens with one attached hydrogen (secondary N) is 2. The number of imide groups is 1. The zero-order valence-electron chi connectivity index (χ0n) is 26.4. The summed E-state index contributed by atoms with van der Waals surface area (Å²) >= 11 is 1.29. The average molecular weight is 666 g/mol. The van der Waals surface area contributed by atoms with E-state index >= 15 is 0 Å². The molecule has 4 amide bonds. The fraction of sp³-hybridized carbons (Fsp3) is 0.0769. The lowest BCUT2D eigenvalue weighted by molar-refractivity contribution is -0.121. The first kappa shape index (κ1) is 32.8. The molecule has 5 aromatic carbocycles. The van der Waals surface area contributed by atoms with E-state index < -0.39 is 17.1 Å². The summed E-state index contributed by atoms with van der Waals surface area (Å²) in [7, 11) is 0. The van der Waals surface area contributed by atoms with E-state index in [9.17, 15) is 19.2 Å². The van der Waals surface area contributed by atoms with Gasteiger partial charge in [0, 0.05) is 22.6 Å². The van der Waals surface area contributed by atoms with Gasteiger partial charge in [-0.15, -0.1) is 11.8 Å². The maximum absolute atomic E-state index is 13.4. The van der Waals surface area contributed by atoms with Crippen LogP contribution >= 0.6 is 11.8 Å². The number of hydrogen-bond acceptors (Lipinski definition) is 7. The molecule has 10 heteroatoms. The Morgan fingerprint density at radius 2 is 1.37 bits per heavy atom. The van der Waals surface area contributed by atoms with E-state index in [1.807, 2.05) is 67.6 Å². The monoisotopic (exact) mass is 665 g/mol. The third-order valence-electron chi connectivity index (χ3n) is 7.66. The number of nitrogens with zero attached hydrogens (tertiary/aromatic N) is 3. The number of benzene rings is 5. The summed E-state index contributed by atoms with van der Waals surface area (Å²) in [4.78, 5) is 54.6. The van der Waals surface area contributed by atoms with Crippen LogP contribution in [0.4, 0.5) is 22.7 Å². The maximum atomic E-state index is 13.4. The SMILES string of the molecule is Cc1ccccc1/C=C(\NC(=O)c1ccccc1)C(=O)Nc1ccc(SC2CC(=O)N(c3ccc(N=Nc4ccccc4)cc3)C2=O)cc1. The standard InChI is InChI=1S/C39H31N5O4S/c1-26-10-8-9-13-28(26)24-34(41-37(46)27-11-4-2-5-12-27)38(47)40-29-18-22-33(23-19-29)49-35-25-36(45)44(39(35)48)32-20-16-31(17-21-32)43-42-30-14-6-3-7-15-30/h2-24,35H,25H2,1H3,(H,40,47)(H,41,46)/b34-24-,43-42?. The van der Waals surface area contributed by atoms with Gasteiger partial charge in [0.15, 0.2) is 0 Å². The van der Waals surface area contributed by atoms with Crippen molar-refractivity contribution in [2.45, 2.75) is 23.5 Å². The van der Waals surface area contributed by atoms with Crippen LogP contribution in [0.15, 0.2) is 154 Å². The maximum Gasteiger partial charge on any atom is 0.272 e. The fourth-order valence-electron chi connectivity index (χ4n) is 5.07. The number of aryl methyl sites for hydroxylation is 1. The van der Waals surface area contributed by atoms with Gasteiger partial charge in [0.2, 0.25) is 11.8 Å². The van der Waals surface area contributed by atoms with Crippen LogP contribution in [0.2, 0.25) is 0 Å². The van der Waals surface area contributed by atoms with Gasteiger partial charge in [-0.1, -0.05) is 60.7 Å². The molecule has 2 N–H and O–H groups in total. The van der Waals surface area contributed by atoms with Gasteiger partial charge >= 0.3 is 0 Å². The molecule has 5 aromatic rings. The summed E-state index contributed by atoms with van der Waals surface area (Å²) < 4.78 is 0. The van der Waals surface area contributed by atoms with Gasteiger partial charge in [-0.25, -0.2) is 4.90 Å². The molecule has 1 fully saturated rings. The topological polar surface area (TPSA) is 120 Å². The Kier molecular flexibility index (Phi) is 10.2. The summed E-state index contributed by atoms with van der Waals surface area (Å²) in [5.74, 6) is -1.48. The Morgan fingerprint density at radius 1 is 0.755 bits per heavy atom. The zero-order valence-corrected chi connectivity index (χ0v) is 27.3. The molecule has 1 atom stereocenters. The van der Waals surface area contributed by atoms with E-state index in [0.29, 0.717) is 22.6 Å². The smallest absolute Gasteiger partial charge is 0.272 e. The van der Waals surface area contributed by atoms with Gasteiger partial charge < -0.3 is 10.6 Å². The summed E-state index contributed by atoms with van der Waals surface area (Å²) in [6, 6.07) is 39.4. The minimum atomic E-state index is -0.595. The van der Waals surface area contributed by atoms with E-state index in [0.717, 1.165) is 21.7 Å². The van der Waals surface area contributed by atoms with Crippen molar-refractivity contribution in [1.29, 1.82) is 0 Å². The van der Waals surface area contributed by atoms with Crippen LogP contribution in [0.1, 0.15) is 27.9 Å². The second-order valence-corrected chi connectivity index (χ2v) is 12.4. The zero-order chi connectivity index (χ0) is 34.2. The molecule has 0 bridgehead atoms. The molecule has 242 valence electrons. The van der Waals surface area contributed by atoms with E-state index in [4.69, 9.17) is 0 Å². The lowest BCUT2D eigenvalue weighted by atomic mass is 10.1. The van der Waals surface area contributed by atoms with Crippen molar-refractivity contribution in [3.05, 3.63) is 156 Å². The highest BCUT2D eigenvalue weighted by Crippen LogP contribution is 2.35. The molecule has 0 aliphatic carbocycles. The Balaban J connectivity index is 1.10.